The van der Waals surface area contributed by atoms with Gasteiger partial charge in [0, 0.05) is 19.3 Å². The van der Waals surface area contributed by atoms with Crippen LogP contribution in [0.25, 0.3) is 0 Å². The summed E-state index contributed by atoms with van der Waals surface area (Å²) in [6, 6.07) is 0. The van der Waals surface area contributed by atoms with Gasteiger partial charge in [-0.25, -0.2) is 0 Å². The third-order valence-electron chi connectivity index (χ3n) is 12.9. The van der Waals surface area contributed by atoms with E-state index in [1.165, 1.54) is 154 Å². The van der Waals surface area contributed by atoms with E-state index >= 15 is 0 Å². The molecular weight excluding hydrogens is 865 g/mol. The summed E-state index contributed by atoms with van der Waals surface area (Å²) in [5, 5.41) is 0. The first-order chi connectivity index (χ1) is 34.5. The van der Waals surface area contributed by atoms with Crippen molar-refractivity contribution >= 4 is 17.9 Å². The zero-order valence-corrected chi connectivity index (χ0v) is 46.3. The minimum Gasteiger partial charge on any atom is -0.462 e. The summed E-state index contributed by atoms with van der Waals surface area (Å²) in [5.74, 6) is -0.882. The zero-order chi connectivity index (χ0) is 50.7. The van der Waals surface area contributed by atoms with E-state index in [1.54, 1.807) is 0 Å². The minimum atomic E-state index is -0.779. The first-order valence-electron chi connectivity index (χ1n) is 29.9. The van der Waals surface area contributed by atoms with Crippen molar-refractivity contribution in [1.29, 1.82) is 0 Å². The fourth-order valence-corrected chi connectivity index (χ4v) is 8.45. The average Bonchev–Trinajstić information content (AvgIpc) is 3.36. The van der Waals surface area contributed by atoms with Crippen LogP contribution in [-0.4, -0.2) is 37.2 Å². The number of rotatable bonds is 54. The van der Waals surface area contributed by atoms with Gasteiger partial charge in [-0.2, -0.15) is 0 Å². The first kappa shape index (κ1) is 66.9. The summed E-state index contributed by atoms with van der Waals surface area (Å²) in [6.45, 7) is 6.50. The van der Waals surface area contributed by atoms with E-state index < -0.39 is 6.10 Å². The van der Waals surface area contributed by atoms with E-state index in [4.69, 9.17) is 14.2 Å². The highest BCUT2D eigenvalue weighted by Crippen LogP contribution is 2.16. The van der Waals surface area contributed by atoms with Crippen molar-refractivity contribution in [2.24, 2.45) is 0 Å². The fourth-order valence-electron chi connectivity index (χ4n) is 8.45. The lowest BCUT2D eigenvalue weighted by atomic mass is 10.0. The number of allylic oxidation sites excluding steroid dienone is 12. The summed E-state index contributed by atoms with van der Waals surface area (Å²) in [5.41, 5.74) is 0. The first-order valence-corrected chi connectivity index (χ1v) is 29.9. The molecular formula is C64H112O6. The molecule has 0 aliphatic heterocycles. The molecule has 1 atom stereocenters. The Hall–Kier alpha value is -3.15. The highest BCUT2D eigenvalue weighted by Gasteiger charge is 2.19. The smallest absolute Gasteiger partial charge is 0.306 e. The summed E-state index contributed by atoms with van der Waals surface area (Å²) in [6.07, 6.45) is 74.7. The molecule has 0 fully saturated rings. The Labute approximate surface area is 433 Å². The van der Waals surface area contributed by atoms with Crippen molar-refractivity contribution < 1.29 is 28.6 Å². The minimum absolute atomic E-state index is 0.0786. The van der Waals surface area contributed by atoms with Crippen molar-refractivity contribution in [3.8, 4) is 0 Å². The largest absolute Gasteiger partial charge is 0.462 e. The number of carbonyl (C=O) groups is 3. The maximum Gasteiger partial charge on any atom is 0.306 e. The molecule has 0 aromatic rings. The average molecular weight is 978 g/mol. The van der Waals surface area contributed by atoms with E-state index in [-0.39, 0.29) is 31.1 Å². The number of hydrogen-bond acceptors (Lipinski definition) is 6. The topological polar surface area (TPSA) is 78.9 Å². The molecule has 0 spiro atoms. The monoisotopic (exact) mass is 977 g/mol. The second-order valence-electron chi connectivity index (χ2n) is 19.9. The lowest BCUT2D eigenvalue weighted by molar-refractivity contribution is -0.167. The Morgan fingerprint density at radius 1 is 0.300 bits per heavy atom. The van der Waals surface area contributed by atoms with Crippen LogP contribution in [-0.2, 0) is 28.6 Å². The molecule has 0 aliphatic carbocycles. The van der Waals surface area contributed by atoms with Crippen LogP contribution in [0.1, 0.15) is 297 Å². The lowest BCUT2D eigenvalue weighted by Crippen LogP contribution is -2.30. The van der Waals surface area contributed by atoms with E-state index in [0.29, 0.717) is 19.3 Å². The van der Waals surface area contributed by atoms with Crippen LogP contribution >= 0.6 is 0 Å². The van der Waals surface area contributed by atoms with Crippen LogP contribution in [0.5, 0.6) is 0 Å². The van der Waals surface area contributed by atoms with Crippen molar-refractivity contribution in [2.75, 3.05) is 13.2 Å². The molecule has 0 amide bonds. The normalized spacial score (nSPS) is 12.6. The second kappa shape index (κ2) is 58.4. The Morgan fingerprint density at radius 2 is 0.571 bits per heavy atom. The highest BCUT2D eigenvalue weighted by molar-refractivity contribution is 5.71. The quantitative estimate of drug-likeness (QED) is 0.0261. The van der Waals surface area contributed by atoms with Gasteiger partial charge in [0.15, 0.2) is 6.10 Å². The van der Waals surface area contributed by atoms with Gasteiger partial charge < -0.3 is 14.2 Å². The van der Waals surface area contributed by atoms with Gasteiger partial charge >= 0.3 is 17.9 Å². The number of unbranched alkanes of at least 4 members (excludes halogenated alkanes) is 31. The van der Waals surface area contributed by atoms with Crippen molar-refractivity contribution in [3.05, 3.63) is 72.9 Å². The van der Waals surface area contributed by atoms with Crippen LogP contribution in [0.15, 0.2) is 72.9 Å². The summed E-state index contributed by atoms with van der Waals surface area (Å²) >= 11 is 0. The molecule has 1 unspecified atom stereocenters. The van der Waals surface area contributed by atoms with Gasteiger partial charge in [0.1, 0.15) is 13.2 Å². The third kappa shape index (κ3) is 55.8. The standard InChI is InChI=1S/C64H112O6/c1-4-7-10-13-16-19-22-24-26-28-29-30-31-32-33-34-35-36-38-39-42-45-48-51-54-57-63(66)69-60-61(59-68-62(65)56-53-50-47-44-41-21-18-15-12-9-6-3)70-64(67)58-55-52-49-46-43-40-37-27-25-23-20-17-14-11-8-5-2/h7,10,15-16,18-19,24,26,29-30,32-33,61H,4-6,8-9,11-14,17,20-23,25,27-28,31,34-60H2,1-3H3/b10-7-,18-15-,19-16-,26-24-,30-29-,33-32-. The molecule has 0 saturated heterocycles. The van der Waals surface area contributed by atoms with Gasteiger partial charge in [-0.15, -0.1) is 0 Å². The Balaban J connectivity index is 4.28. The van der Waals surface area contributed by atoms with Crippen LogP contribution in [0.4, 0.5) is 0 Å². The van der Waals surface area contributed by atoms with Crippen LogP contribution in [0.3, 0.4) is 0 Å². The third-order valence-corrected chi connectivity index (χ3v) is 12.9. The Morgan fingerprint density at radius 3 is 0.929 bits per heavy atom. The molecule has 0 radical (unpaired) electrons. The van der Waals surface area contributed by atoms with Crippen molar-refractivity contribution in [2.45, 2.75) is 303 Å². The van der Waals surface area contributed by atoms with Gasteiger partial charge in [-0.3, -0.25) is 14.4 Å². The van der Waals surface area contributed by atoms with E-state index in [2.05, 4.69) is 93.7 Å². The second-order valence-corrected chi connectivity index (χ2v) is 19.9. The molecule has 6 heteroatoms. The molecule has 0 N–H and O–H groups in total. The summed E-state index contributed by atoms with van der Waals surface area (Å²) in [7, 11) is 0. The predicted molar refractivity (Wildman–Crippen MR) is 302 cm³/mol. The Bertz CT molecular complexity index is 1310. The number of ether oxygens (including phenoxy) is 3. The molecule has 0 aromatic heterocycles. The van der Waals surface area contributed by atoms with Crippen molar-refractivity contribution in [1.82, 2.24) is 0 Å². The van der Waals surface area contributed by atoms with Crippen LogP contribution in [0, 0.1) is 0 Å². The molecule has 0 rings (SSSR count). The molecule has 0 bridgehead atoms. The van der Waals surface area contributed by atoms with Gasteiger partial charge in [0.2, 0.25) is 0 Å². The van der Waals surface area contributed by atoms with Gasteiger partial charge in [0.25, 0.3) is 0 Å². The maximum absolute atomic E-state index is 12.9. The van der Waals surface area contributed by atoms with Gasteiger partial charge in [-0.1, -0.05) is 267 Å². The molecule has 6 nitrogen and oxygen atoms in total. The fraction of sp³-hybridized carbons (Fsp3) is 0.766. The molecule has 0 aromatic carbocycles. The van der Waals surface area contributed by atoms with Crippen LogP contribution in [0.2, 0.25) is 0 Å². The highest BCUT2D eigenvalue weighted by atomic mass is 16.6. The van der Waals surface area contributed by atoms with E-state index in [1.807, 2.05) is 0 Å². The molecule has 0 heterocycles. The SMILES string of the molecule is CC/C=C\C/C=C\C/C=C\C/C=C\C/C=C\CCCCCCCCCCCC(=O)OCC(COC(=O)CCCCCCC/C=C\CCCC)OC(=O)CCCCCCCCCCCCCCCCCC. The predicted octanol–water partition coefficient (Wildman–Crippen LogP) is 20.2. The van der Waals surface area contributed by atoms with E-state index in [0.717, 1.165) is 103 Å². The van der Waals surface area contributed by atoms with Crippen LogP contribution < -0.4 is 0 Å². The van der Waals surface area contributed by atoms with E-state index in [9.17, 15) is 14.4 Å². The Kier molecular flexibility index (Phi) is 55.8. The molecule has 0 aliphatic rings. The van der Waals surface area contributed by atoms with Gasteiger partial charge in [0.05, 0.1) is 0 Å². The molecule has 70 heavy (non-hydrogen) atoms. The number of esters is 3. The number of hydrogen-bond donors (Lipinski definition) is 0. The molecule has 0 saturated carbocycles. The zero-order valence-electron chi connectivity index (χ0n) is 46.3. The maximum atomic E-state index is 12.9. The summed E-state index contributed by atoms with van der Waals surface area (Å²) < 4.78 is 16.9. The van der Waals surface area contributed by atoms with Crippen molar-refractivity contribution in [3.63, 3.8) is 0 Å². The van der Waals surface area contributed by atoms with Gasteiger partial charge in [-0.05, 0) is 83.5 Å². The summed E-state index contributed by atoms with van der Waals surface area (Å²) in [4.78, 5) is 38.1. The molecule has 404 valence electrons. The number of carbonyl (C=O) groups excluding carboxylic acids is 3. The lowest BCUT2D eigenvalue weighted by Gasteiger charge is -2.18.